The number of carbonyl (C=O) groups excluding carboxylic acids is 1. The Morgan fingerprint density at radius 1 is 1.21 bits per heavy atom. The molecule has 0 spiro atoms. The topological polar surface area (TPSA) is 54.9 Å². The molecule has 0 unspecified atom stereocenters. The van der Waals surface area contributed by atoms with Crippen LogP contribution in [0.15, 0.2) is 47.1 Å². The maximum atomic E-state index is 13.0. The minimum Gasteiger partial charge on any atom is -0.349 e. The summed E-state index contributed by atoms with van der Waals surface area (Å²) in [4.78, 5) is 21.8. The summed E-state index contributed by atoms with van der Waals surface area (Å²) in [7, 11) is 0. The molecule has 1 amide bonds. The van der Waals surface area contributed by atoms with Crippen molar-refractivity contribution < 1.29 is 9.18 Å². The van der Waals surface area contributed by atoms with E-state index in [0.717, 1.165) is 20.8 Å². The monoisotopic (exact) mass is 361 g/mol. The van der Waals surface area contributed by atoms with Crippen LogP contribution in [0.4, 0.5) is 4.39 Å². The zero-order chi connectivity index (χ0) is 17.1. The molecular formula is C17H16FN3OS2. The zero-order valence-corrected chi connectivity index (χ0v) is 14.8. The number of halogens is 1. The lowest BCUT2D eigenvalue weighted by Crippen LogP contribution is -2.33. The molecule has 2 atom stereocenters. The van der Waals surface area contributed by atoms with Gasteiger partial charge in [-0.05, 0) is 43.0 Å². The highest BCUT2D eigenvalue weighted by molar-refractivity contribution is 8.00. The van der Waals surface area contributed by atoms with Gasteiger partial charge in [0.2, 0.25) is 5.91 Å². The van der Waals surface area contributed by atoms with E-state index in [2.05, 4.69) is 15.3 Å². The summed E-state index contributed by atoms with van der Waals surface area (Å²) >= 11 is 2.96. The van der Waals surface area contributed by atoms with Gasteiger partial charge in [0.1, 0.15) is 22.0 Å². The van der Waals surface area contributed by atoms with E-state index in [4.69, 9.17) is 0 Å². The molecule has 124 valence electrons. The standard InChI is InChI=1S/C17H16FN3OS2/c1-10(12-3-5-13(18)6-4-12)21-15(22)11(2)24-17-14-7-8-23-16(14)19-9-20-17/h3-11H,1-2H3,(H,21,22)/t10-,11+/m0/s1. The molecule has 0 bridgehead atoms. The third kappa shape index (κ3) is 3.73. The first-order valence-electron chi connectivity index (χ1n) is 7.45. The quantitative estimate of drug-likeness (QED) is 0.547. The van der Waals surface area contributed by atoms with Crippen LogP contribution < -0.4 is 5.32 Å². The van der Waals surface area contributed by atoms with Gasteiger partial charge in [-0.3, -0.25) is 4.79 Å². The molecule has 0 aliphatic rings. The molecular weight excluding hydrogens is 345 g/mol. The number of nitrogens with one attached hydrogen (secondary N) is 1. The first kappa shape index (κ1) is 16.9. The van der Waals surface area contributed by atoms with E-state index in [1.807, 2.05) is 25.3 Å². The van der Waals surface area contributed by atoms with Crippen LogP contribution in [0.5, 0.6) is 0 Å². The lowest BCUT2D eigenvalue weighted by atomic mass is 10.1. The molecule has 3 rings (SSSR count). The molecule has 3 aromatic rings. The van der Waals surface area contributed by atoms with Crippen LogP contribution >= 0.6 is 23.1 Å². The predicted octanol–water partition coefficient (Wildman–Crippen LogP) is 4.19. The molecule has 0 saturated heterocycles. The summed E-state index contributed by atoms with van der Waals surface area (Å²) in [5.41, 5.74) is 0.865. The molecule has 24 heavy (non-hydrogen) atoms. The number of amides is 1. The molecule has 2 heterocycles. The lowest BCUT2D eigenvalue weighted by Gasteiger charge is -2.17. The van der Waals surface area contributed by atoms with Gasteiger partial charge < -0.3 is 5.32 Å². The van der Waals surface area contributed by atoms with Crippen molar-refractivity contribution in [3.63, 3.8) is 0 Å². The summed E-state index contributed by atoms with van der Waals surface area (Å²) in [6.07, 6.45) is 1.52. The highest BCUT2D eigenvalue weighted by atomic mass is 32.2. The number of aromatic nitrogens is 2. The summed E-state index contributed by atoms with van der Waals surface area (Å²) in [6.45, 7) is 3.72. The predicted molar refractivity (Wildman–Crippen MR) is 95.7 cm³/mol. The molecule has 1 aromatic carbocycles. The number of thioether (sulfide) groups is 1. The number of carbonyl (C=O) groups is 1. The van der Waals surface area contributed by atoms with Gasteiger partial charge in [-0.2, -0.15) is 0 Å². The van der Waals surface area contributed by atoms with Crippen LogP contribution in [-0.4, -0.2) is 21.1 Å². The lowest BCUT2D eigenvalue weighted by molar-refractivity contribution is -0.120. The molecule has 1 N–H and O–H groups in total. The minimum atomic E-state index is -0.300. The highest BCUT2D eigenvalue weighted by Gasteiger charge is 2.19. The number of benzene rings is 1. The molecule has 2 aromatic heterocycles. The van der Waals surface area contributed by atoms with Crippen LogP contribution in [0.25, 0.3) is 10.2 Å². The van der Waals surface area contributed by atoms with Crippen LogP contribution in [0.2, 0.25) is 0 Å². The Morgan fingerprint density at radius 3 is 2.71 bits per heavy atom. The van der Waals surface area contributed by atoms with Gasteiger partial charge >= 0.3 is 0 Å². The van der Waals surface area contributed by atoms with Crippen LogP contribution in [0, 0.1) is 5.82 Å². The fourth-order valence-electron chi connectivity index (χ4n) is 2.25. The van der Waals surface area contributed by atoms with E-state index < -0.39 is 0 Å². The molecule has 0 aliphatic carbocycles. The molecule has 0 aliphatic heterocycles. The van der Waals surface area contributed by atoms with Gasteiger partial charge in [-0.25, -0.2) is 14.4 Å². The van der Waals surface area contributed by atoms with Gasteiger partial charge in [0.05, 0.1) is 11.3 Å². The number of fused-ring (bicyclic) bond motifs is 1. The van der Waals surface area contributed by atoms with Crippen molar-refractivity contribution in [1.29, 1.82) is 0 Å². The fourth-order valence-corrected chi connectivity index (χ4v) is 3.95. The van der Waals surface area contributed by atoms with Crippen LogP contribution in [-0.2, 0) is 4.79 Å². The smallest absolute Gasteiger partial charge is 0.233 e. The van der Waals surface area contributed by atoms with Crippen molar-refractivity contribution in [2.75, 3.05) is 0 Å². The van der Waals surface area contributed by atoms with Gasteiger partial charge in [-0.1, -0.05) is 23.9 Å². The second-order valence-electron chi connectivity index (χ2n) is 5.36. The van der Waals surface area contributed by atoms with Crippen molar-refractivity contribution in [1.82, 2.24) is 15.3 Å². The van der Waals surface area contributed by atoms with Crippen LogP contribution in [0.1, 0.15) is 25.5 Å². The molecule has 0 saturated carbocycles. The van der Waals surface area contributed by atoms with E-state index >= 15 is 0 Å². The summed E-state index contributed by atoms with van der Waals surface area (Å²) in [5, 5.41) is 6.39. The van der Waals surface area contributed by atoms with E-state index in [9.17, 15) is 9.18 Å². The van der Waals surface area contributed by atoms with Gasteiger partial charge in [0.15, 0.2) is 0 Å². The number of thiophene rings is 1. The Morgan fingerprint density at radius 2 is 1.96 bits per heavy atom. The molecule has 4 nitrogen and oxygen atoms in total. The minimum absolute atomic E-state index is 0.0844. The normalized spacial score (nSPS) is 13.6. The van der Waals surface area contributed by atoms with Crippen molar-refractivity contribution in [3.8, 4) is 0 Å². The van der Waals surface area contributed by atoms with Crippen molar-refractivity contribution in [3.05, 3.63) is 53.4 Å². The Hall–Kier alpha value is -1.99. The maximum absolute atomic E-state index is 13.0. The molecule has 7 heteroatoms. The molecule has 0 fully saturated rings. The van der Waals surface area contributed by atoms with Crippen LogP contribution in [0.3, 0.4) is 0 Å². The average molecular weight is 361 g/mol. The largest absolute Gasteiger partial charge is 0.349 e. The van der Waals surface area contributed by atoms with E-state index in [-0.39, 0.29) is 23.0 Å². The second-order valence-corrected chi connectivity index (χ2v) is 7.58. The average Bonchev–Trinajstić information content (AvgIpc) is 3.05. The Bertz CT molecular complexity index is 850. The number of nitrogens with zero attached hydrogens (tertiary/aromatic N) is 2. The Balaban J connectivity index is 1.66. The third-order valence-corrected chi connectivity index (χ3v) is 5.55. The summed E-state index contributed by atoms with van der Waals surface area (Å²) < 4.78 is 13.0. The van der Waals surface area contributed by atoms with E-state index in [0.29, 0.717) is 0 Å². The van der Waals surface area contributed by atoms with Gasteiger partial charge in [0.25, 0.3) is 0 Å². The Kier molecular flexibility index (Phi) is 5.11. The van der Waals surface area contributed by atoms with Crippen molar-refractivity contribution in [2.45, 2.75) is 30.2 Å². The van der Waals surface area contributed by atoms with Crippen molar-refractivity contribution in [2.24, 2.45) is 0 Å². The summed E-state index contributed by atoms with van der Waals surface area (Å²) in [6, 6.07) is 7.92. The van der Waals surface area contributed by atoms with E-state index in [1.54, 1.807) is 23.5 Å². The van der Waals surface area contributed by atoms with Crippen molar-refractivity contribution >= 4 is 39.2 Å². The highest BCUT2D eigenvalue weighted by Crippen LogP contribution is 2.30. The third-order valence-electron chi connectivity index (χ3n) is 3.61. The Labute approximate surface area is 147 Å². The fraction of sp³-hybridized carbons (Fsp3) is 0.235. The van der Waals surface area contributed by atoms with Gasteiger partial charge in [0, 0.05) is 5.39 Å². The second kappa shape index (κ2) is 7.27. The first-order chi connectivity index (χ1) is 11.5. The first-order valence-corrected chi connectivity index (χ1v) is 9.21. The van der Waals surface area contributed by atoms with Gasteiger partial charge in [-0.15, -0.1) is 11.3 Å². The number of rotatable bonds is 5. The number of hydrogen-bond donors (Lipinski definition) is 1. The van der Waals surface area contributed by atoms with E-state index in [1.165, 1.54) is 30.2 Å². The molecule has 0 radical (unpaired) electrons. The maximum Gasteiger partial charge on any atom is 0.233 e. The zero-order valence-electron chi connectivity index (χ0n) is 13.2. The SMILES string of the molecule is C[C@H](NC(=O)[C@@H](C)Sc1ncnc2sccc12)c1ccc(F)cc1. The summed E-state index contributed by atoms with van der Waals surface area (Å²) in [5.74, 6) is -0.372. The number of hydrogen-bond acceptors (Lipinski definition) is 5.